The van der Waals surface area contributed by atoms with Gasteiger partial charge in [0.15, 0.2) is 11.0 Å². The zero-order valence-corrected chi connectivity index (χ0v) is 13.2. The van der Waals surface area contributed by atoms with Gasteiger partial charge in [-0.25, -0.2) is 9.67 Å². The molecule has 3 rings (SSSR count). The Hall–Kier alpha value is -1.24. The highest BCUT2D eigenvalue weighted by Crippen LogP contribution is 2.27. The molecule has 21 heavy (non-hydrogen) atoms. The average Bonchev–Trinajstić information content (AvgIpc) is 2.91. The van der Waals surface area contributed by atoms with Gasteiger partial charge in [0.25, 0.3) is 0 Å². The van der Waals surface area contributed by atoms with E-state index in [0.29, 0.717) is 23.1 Å². The third-order valence-electron chi connectivity index (χ3n) is 2.92. The highest BCUT2D eigenvalue weighted by molar-refractivity contribution is 7.99. The molecule has 0 spiro atoms. The van der Waals surface area contributed by atoms with Crippen LogP contribution in [0.1, 0.15) is 0 Å². The van der Waals surface area contributed by atoms with E-state index in [1.165, 1.54) is 11.8 Å². The van der Waals surface area contributed by atoms with E-state index in [2.05, 4.69) is 10.1 Å². The van der Waals surface area contributed by atoms with Crippen LogP contribution < -0.4 is 0 Å². The maximum absolute atomic E-state index is 11.2. The highest BCUT2D eigenvalue weighted by atomic mass is 35.5. The molecule has 1 aliphatic heterocycles. The topological polar surface area (TPSA) is 57.0 Å². The van der Waals surface area contributed by atoms with Crippen LogP contribution in [0.3, 0.4) is 0 Å². The molecular weight excluding hydrogens is 333 g/mol. The summed E-state index contributed by atoms with van der Waals surface area (Å²) in [5.74, 6) is 0.741. The lowest BCUT2D eigenvalue weighted by Crippen LogP contribution is -2.30. The Morgan fingerprint density at radius 1 is 1.43 bits per heavy atom. The number of fused-ring (bicyclic) bond motifs is 1. The van der Waals surface area contributed by atoms with E-state index in [1.54, 1.807) is 16.8 Å². The fourth-order valence-electron chi connectivity index (χ4n) is 1.98. The average molecular weight is 344 g/mol. The second-order valence-electron chi connectivity index (χ2n) is 4.46. The van der Waals surface area contributed by atoms with Crippen LogP contribution in [0.15, 0.2) is 29.4 Å². The van der Waals surface area contributed by atoms with Gasteiger partial charge in [0.2, 0.25) is 0 Å². The van der Waals surface area contributed by atoms with Gasteiger partial charge in [-0.15, -0.1) is 16.7 Å². The molecule has 1 aromatic heterocycles. The van der Waals surface area contributed by atoms with Crippen molar-refractivity contribution in [2.75, 3.05) is 11.6 Å². The standard InChI is InChI=1S/C13H11Cl2N3O2S/c14-5-11(19)20-10-6-18-13(21-7-10)16-12(17-18)8-1-3-9(15)4-2-8/h1-4,10H,5-7H2. The molecule has 0 bridgehead atoms. The van der Waals surface area contributed by atoms with E-state index in [-0.39, 0.29) is 12.0 Å². The molecular formula is C13H11Cl2N3O2S. The Morgan fingerprint density at radius 3 is 2.90 bits per heavy atom. The molecule has 110 valence electrons. The Bertz CT molecular complexity index is 660. The van der Waals surface area contributed by atoms with Crippen molar-refractivity contribution in [1.29, 1.82) is 0 Å². The molecule has 2 heterocycles. The second kappa shape index (κ2) is 6.25. The molecule has 1 aliphatic rings. The van der Waals surface area contributed by atoms with Gasteiger partial charge in [0, 0.05) is 16.3 Å². The summed E-state index contributed by atoms with van der Waals surface area (Å²) in [4.78, 5) is 15.7. The molecule has 0 fully saturated rings. The number of carbonyl (C=O) groups is 1. The first-order valence-corrected chi connectivity index (χ1v) is 8.14. The van der Waals surface area contributed by atoms with Crippen LogP contribution in [0.5, 0.6) is 0 Å². The number of thioether (sulfide) groups is 1. The summed E-state index contributed by atoms with van der Waals surface area (Å²) in [6.45, 7) is 0.492. The number of alkyl halides is 1. The number of benzene rings is 1. The molecule has 5 nitrogen and oxygen atoms in total. The van der Waals surface area contributed by atoms with Crippen molar-refractivity contribution in [2.24, 2.45) is 0 Å². The van der Waals surface area contributed by atoms with Crippen molar-refractivity contribution < 1.29 is 9.53 Å². The first-order valence-electron chi connectivity index (χ1n) is 6.25. The maximum atomic E-state index is 11.2. The molecule has 0 saturated heterocycles. The molecule has 0 radical (unpaired) electrons. The molecule has 8 heteroatoms. The van der Waals surface area contributed by atoms with Crippen molar-refractivity contribution in [3.8, 4) is 11.4 Å². The number of hydrogen-bond acceptors (Lipinski definition) is 5. The molecule has 0 aliphatic carbocycles. The van der Waals surface area contributed by atoms with Gasteiger partial charge in [-0.05, 0) is 24.3 Å². The molecule has 0 N–H and O–H groups in total. The normalized spacial score (nSPS) is 17.3. The second-order valence-corrected chi connectivity index (χ2v) is 6.15. The van der Waals surface area contributed by atoms with Crippen molar-refractivity contribution in [2.45, 2.75) is 17.8 Å². The monoisotopic (exact) mass is 343 g/mol. The van der Waals surface area contributed by atoms with E-state index in [1.807, 2.05) is 12.1 Å². The van der Waals surface area contributed by atoms with Crippen LogP contribution >= 0.6 is 35.0 Å². The van der Waals surface area contributed by atoms with Gasteiger partial charge in [-0.3, -0.25) is 4.79 Å². The number of halogens is 2. The van der Waals surface area contributed by atoms with Crippen LogP contribution in [-0.2, 0) is 16.1 Å². The largest absolute Gasteiger partial charge is 0.459 e. The van der Waals surface area contributed by atoms with E-state index < -0.39 is 5.97 Å². The van der Waals surface area contributed by atoms with Gasteiger partial charge in [0.05, 0.1) is 6.54 Å². The van der Waals surface area contributed by atoms with Crippen LogP contribution in [0.2, 0.25) is 5.02 Å². The van der Waals surface area contributed by atoms with Crippen LogP contribution in [0.25, 0.3) is 11.4 Å². The summed E-state index contributed by atoms with van der Waals surface area (Å²) in [7, 11) is 0. The Kier molecular flexibility index (Phi) is 4.37. The molecule has 1 aromatic carbocycles. The highest BCUT2D eigenvalue weighted by Gasteiger charge is 2.25. The number of ether oxygens (including phenoxy) is 1. The summed E-state index contributed by atoms with van der Waals surface area (Å²) in [6, 6.07) is 7.35. The van der Waals surface area contributed by atoms with E-state index in [9.17, 15) is 4.79 Å². The van der Waals surface area contributed by atoms with E-state index in [0.717, 1.165) is 10.7 Å². The molecule has 0 amide bonds. The summed E-state index contributed by atoms with van der Waals surface area (Å²) in [5.41, 5.74) is 0.899. The smallest absolute Gasteiger partial charge is 0.321 e. The van der Waals surface area contributed by atoms with Gasteiger partial charge in [0.1, 0.15) is 12.0 Å². The number of aromatic nitrogens is 3. The predicted molar refractivity (Wildman–Crippen MR) is 81.8 cm³/mol. The third kappa shape index (κ3) is 3.33. The van der Waals surface area contributed by atoms with Crippen LogP contribution in [-0.4, -0.2) is 38.5 Å². The van der Waals surface area contributed by atoms with Crippen molar-refractivity contribution >= 4 is 40.9 Å². The summed E-state index contributed by atoms with van der Waals surface area (Å²) in [6.07, 6.45) is -0.228. The number of rotatable bonds is 3. The molecule has 1 unspecified atom stereocenters. The van der Waals surface area contributed by atoms with Gasteiger partial charge in [-0.1, -0.05) is 23.4 Å². The Balaban J connectivity index is 1.78. The fourth-order valence-corrected chi connectivity index (χ4v) is 3.09. The van der Waals surface area contributed by atoms with Crippen LogP contribution in [0, 0.1) is 0 Å². The number of esters is 1. The SMILES string of the molecule is O=C(CCl)OC1CSc2nc(-c3ccc(Cl)cc3)nn2C1. The maximum Gasteiger partial charge on any atom is 0.321 e. The number of carbonyl (C=O) groups excluding carboxylic acids is 1. The van der Waals surface area contributed by atoms with Crippen molar-refractivity contribution in [3.05, 3.63) is 29.3 Å². The molecule has 2 aromatic rings. The van der Waals surface area contributed by atoms with Crippen molar-refractivity contribution in [3.63, 3.8) is 0 Å². The predicted octanol–water partition coefficient (Wildman–Crippen LogP) is 2.85. The van der Waals surface area contributed by atoms with Gasteiger partial charge < -0.3 is 4.74 Å². The van der Waals surface area contributed by atoms with Gasteiger partial charge >= 0.3 is 5.97 Å². The quantitative estimate of drug-likeness (QED) is 0.633. The van der Waals surface area contributed by atoms with Crippen LogP contribution in [0.4, 0.5) is 0 Å². The number of hydrogen-bond donors (Lipinski definition) is 0. The minimum absolute atomic E-state index is 0.137. The lowest BCUT2D eigenvalue weighted by atomic mass is 10.2. The summed E-state index contributed by atoms with van der Waals surface area (Å²) < 4.78 is 6.98. The zero-order valence-electron chi connectivity index (χ0n) is 10.8. The minimum atomic E-state index is -0.413. The lowest BCUT2D eigenvalue weighted by Gasteiger charge is -2.21. The third-order valence-corrected chi connectivity index (χ3v) is 4.49. The summed E-state index contributed by atoms with van der Waals surface area (Å²) >= 11 is 12.8. The molecule has 0 saturated carbocycles. The Labute approximate surface area is 135 Å². The van der Waals surface area contributed by atoms with Gasteiger partial charge in [-0.2, -0.15) is 0 Å². The summed E-state index contributed by atoms with van der Waals surface area (Å²) in [5, 5.41) is 5.94. The first-order chi connectivity index (χ1) is 10.2. The molecule has 1 atom stereocenters. The number of nitrogens with zero attached hydrogens (tertiary/aromatic N) is 3. The van der Waals surface area contributed by atoms with E-state index in [4.69, 9.17) is 27.9 Å². The first kappa shape index (κ1) is 14.7. The minimum Gasteiger partial charge on any atom is -0.459 e. The Morgan fingerprint density at radius 2 is 2.19 bits per heavy atom. The van der Waals surface area contributed by atoms with Crippen molar-refractivity contribution in [1.82, 2.24) is 14.8 Å². The fraction of sp³-hybridized carbons (Fsp3) is 0.308. The van der Waals surface area contributed by atoms with E-state index >= 15 is 0 Å². The zero-order chi connectivity index (χ0) is 14.8. The lowest BCUT2D eigenvalue weighted by molar-refractivity contribution is -0.145.